The van der Waals surface area contributed by atoms with Crippen molar-refractivity contribution in [3.63, 3.8) is 0 Å². The third kappa shape index (κ3) is 4.51. The Balaban J connectivity index is 1.28. The number of benzene rings is 2. The van der Waals surface area contributed by atoms with E-state index in [0.29, 0.717) is 13.1 Å². The van der Waals surface area contributed by atoms with Gasteiger partial charge in [0.1, 0.15) is 0 Å². The van der Waals surface area contributed by atoms with E-state index < -0.39 is 0 Å². The van der Waals surface area contributed by atoms with Gasteiger partial charge in [-0.3, -0.25) is 19.4 Å². The van der Waals surface area contributed by atoms with Crippen molar-refractivity contribution in [2.75, 3.05) is 39.3 Å². The second-order valence-electron chi connectivity index (χ2n) is 9.44. The molecule has 2 fully saturated rings. The van der Waals surface area contributed by atoms with Crippen molar-refractivity contribution in [2.45, 2.75) is 44.9 Å². The van der Waals surface area contributed by atoms with Gasteiger partial charge >= 0.3 is 0 Å². The molecule has 0 unspecified atom stereocenters. The van der Waals surface area contributed by atoms with Crippen molar-refractivity contribution in [1.82, 2.24) is 9.80 Å². The summed E-state index contributed by atoms with van der Waals surface area (Å²) in [5.74, 6) is 0.441. The maximum atomic E-state index is 12.8. The van der Waals surface area contributed by atoms with E-state index in [-0.39, 0.29) is 11.6 Å². The molecule has 3 aliphatic rings. The predicted molar refractivity (Wildman–Crippen MR) is 124 cm³/mol. The average Bonchev–Trinajstić information content (AvgIpc) is 3.17. The number of carbonyl (C=O) groups is 2. The van der Waals surface area contributed by atoms with Gasteiger partial charge in [0.2, 0.25) is 0 Å². The van der Waals surface area contributed by atoms with Gasteiger partial charge < -0.3 is 0 Å². The number of carbonyl (C=O) groups excluding carboxylic acids is 2. The highest BCUT2D eigenvalue weighted by molar-refractivity contribution is 6.00. The van der Waals surface area contributed by atoms with Crippen LogP contribution in [0, 0.1) is 0 Å². The van der Waals surface area contributed by atoms with Crippen LogP contribution in [0.3, 0.4) is 0 Å². The topological polar surface area (TPSA) is 40.6 Å². The number of piperidine rings is 2. The minimum absolute atomic E-state index is 0.220. The second kappa shape index (κ2) is 9.05. The molecular formula is C27H32N2O2. The van der Waals surface area contributed by atoms with Crippen LogP contribution in [0.1, 0.15) is 70.4 Å². The number of likely N-dealkylation sites (tertiary alicyclic amines) is 2. The van der Waals surface area contributed by atoms with Crippen molar-refractivity contribution in [3.05, 3.63) is 58.7 Å². The summed E-state index contributed by atoms with van der Waals surface area (Å²) in [6.07, 6.45) is 8.17. The Hall–Kier alpha value is -2.30. The Kier molecular flexibility index (Phi) is 6.02. The van der Waals surface area contributed by atoms with Gasteiger partial charge in [-0.15, -0.1) is 0 Å². The minimum Gasteiger partial charge on any atom is -0.296 e. The molecule has 0 radical (unpaired) electrons. The SMILES string of the molecule is O=C(CN1CCCCC1)c1ccc2c(c1)Cc1cc(C(=O)CN3CCCCC3)ccc1-2. The molecule has 2 aliphatic heterocycles. The number of nitrogens with zero attached hydrogens (tertiary/aromatic N) is 2. The van der Waals surface area contributed by atoms with Crippen LogP contribution in [0.5, 0.6) is 0 Å². The molecule has 31 heavy (non-hydrogen) atoms. The molecule has 2 aromatic rings. The first-order chi connectivity index (χ1) is 15.2. The third-order valence-corrected chi connectivity index (χ3v) is 7.16. The summed E-state index contributed by atoms with van der Waals surface area (Å²) in [6.45, 7) is 5.21. The van der Waals surface area contributed by atoms with Crippen molar-refractivity contribution in [3.8, 4) is 11.1 Å². The Morgan fingerprint density at radius 2 is 1.03 bits per heavy atom. The molecule has 1 aliphatic carbocycles. The maximum Gasteiger partial charge on any atom is 0.176 e. The molecule has 0 N–H and O–H groups in total. The first-order valence-corrected chi connectivity index (χ1v) is 11.9. The molecular weight excluding hydrogens is 384 g/mol. The number of Topliss-reactive ketones (excluding diaryl/α,β-unsaturated/α-hetero) is 2. The summed E-state index contributed by atoms with van der Waals surface area (Å²) in [5.41, 5.74) is 6.47. The second-order valence-corrected chi connectivity index (χ2v) is 9.44. The Morgan fingerprint density at radius 3 is 1.45 bits per heavy atom. The molecule has 0 bridgehead atoms. The molecule has 4 nitrogen and oxygen atoms in total. The Labute approximate surface area is 185 Å². The standard InChI is InChI=1S/C27H32N2O2/c30-26(18-28-11-3-1-4-12-28)20-7-9-24-22(15-20)17-23-16-21(8-10-25(23)24)27(31)19-29-13-5-2-6-14-29/h7-10,15-16H,1-6,11-14,17-19H2. The number of ketones is 2. The van der Waals surface area contributed by atoms with E-state index in [2.05, 4.69) is 34.1 Å². The van der Waals surface area contributed by atoms with Gasteiger partial charge in [0.05, 0.1) is 13.1 Å². The van der Waals surface area contributed by atoms with E-state index in [1.54, 1.807) is 0 Å². The number of hydrogen-bond donors (Lipinski definition) is 0. The zero-order chi connectivity index (χ0) is 21.2. The van der Waals surface area contributed by atoms with Gasteiger partial charge in [0.25, 0.3) is 0 Å². The average molecular weight is 417 g/mol. The quantitative estimate of drug-likeness (QED) is 0.551. The predicted octanol–water partition coefficient (Wildman–Crippen LogP) is 4.60. The van der Waals surface area contributed by atoms with Crippen LogP contribution in [0.15, 0.2) is 36.4 Å². The van der Waals surface area contributed by atoms with Gasteiger partial charge in [-0.25, -0.2) is 0 Å². The number of fused-ring (bicyclic) bond motifs is 3. The van der Waals surface area contributed by atoms with Crippen LogP contribution in [0.2, 0.25) is 0 Å². The zero-order valence-corrected chi connectivity index (χ0v) is 18.4. The lowest BCUT2D eigenvalue weighted by atomic mass is 9.99. The van der Waals surface area contributed by atoms with Crippen molar-refractivity contribution >= 4 is 11.6 Å². The molecule has 0 aromatic heterocycles. The van der Waals surface area contributed by atoms with E-state index in [1.807, 2.05) is 12.1 Å². The minimum atomic E-state index is 0.220. The summed E-state index contributed by atoms with van der Waals surface area (Å²) in [4.78, 5) is 30.2. The van der Waals surface area contributed by atoms with Gasteiger partial charge in [0, 0.05) is 11.1 Å². The van der Waals surface area contributed by atoms with Crippen LogP contribution in [-0.2, 0) is 6.42 Å². The summed E-state index contributed by atoms with van der Waals surface area (Å²) < 4.78 is 0. The first-order valence-electron chi connectivity index (χ1n) is 11.9. The third-order valence-electron chi connectivity index (χ3n) is 7.16. The highest BCUT2D eigenvalue weighted by atomic mass is 16.1. The summed E-state index contributed by atoms with van der Waals surface area (Å²) >= 11 is 0. The molecule has 2 aromatic carbocycles. The fraction of sp³-hybridized carbons (Fsp3) is 0.481. The van der Waals surface area contributed by atoms with Crippen LogP contribution in [0.4, 0.5) is 0 Å². The summed E-state index contributed by atoms with van der Waals surface area (Å²) in [6, 6.07) is 12.3. The molecule has 0 atom stereocenters. The maximum absolute atomic E-state index is 12.8. The van der Waals surface area contributed by atoms with Crippen molar-refractivity contribution in [1.29, 1.82) is 0 Å². The highest BCUT2D eigenvalue weighted by Gasteiger charge is 2.23. The highest BCUT2D eigenvalue weighted by Crippen LogP contribution is 2.37. The van der Waals surface area contributed by atoms with E-state index >= 15 is 0 Å². The van der Waals surface area contributed by atoms with Gasteiger partial charge in [-0.1, -0.05) is 37.1 Å². The van der Waals surface area contributed by atoms with Crippen LogP contribution in [-0.4, -0.2) is 60.6 Å². The largest absolute Gasteiger partial charge is 0.296 e. The molecule has 2 saturated heterocycles. The van der Waals surface area contributed by atoms with Crippen molar-refractivity contribution < 1.29 is 9.59 Å². The summed E-state index contributed by atoms with van der Waals surface area (Å²) in [7, 11) is 0. The monoisotopic (exact) mass is 416 g/mol. The number of hydrogen-bond acceptors (Lipinski definition) is 4. The Bertz CT molecular complexity index is 905. The fourth-order valence-corrected chi connectivity index (χ4v) is 5.38. The van der Waals surface area contributed by atoms with Crippen molar-refractivity contribution in [2.24, 2.45) is 0 Å². The fourth-order valence-electron chi connectivity index (χ4n) is 5.38. The van der Waals surface area contributed by atoms with Crippen LogP contribution < -0.4 is 0 Å². The van der Waals surface area contributed by atoms with Crippen LogP contribution >= 0.6 is 0 Å². The van der Waals surface area contributed by atoms with E-state index in [9.17, 15) is 9.59 Å². The molecule has 4 heteroatoms. The summed E-state index contributed by atoms with van der Waals surface area (Å²) in [5, 5.41) is 0. The molecule has 5 rings (SSSR count). The lowest BCUT2D eigenvalue weighted by Crippen LogP contribution is -2.34. The van der Waals surface area contributed by atoms with E-state index in [1.165, 1.54) is 60.8 Å². The van der Waals surface area contributed by atoms with Gasteiger partial charge in [-0.2, -0.15) is 0 Å². The lowest BCUT2D eigenvalue weighted by molar-refractivity contribution is 0.0908. The molecule has 2 heterocycles. The molecule has 0 amide bonds. The molecule has 0 spiro atoms. The van der Waals surface area contributed by atoms with Crippen LogP contribution in [0.25, 0.3) is 11.1 Å². The lowest BCUT2D eigenvalue weighted by Gasteiger charge is -2.25. The first kappa shape index (κ1) is 20.6. The Morgan fingerprint density at radius 1 is 0.613 bits per heavy atom. The van der Waals surface area contributed by atoms with E-state index in [4.69, 9.17) is 0 Å². The molecule has 0 saturated carbocycles. The smallest absolute Gasteiger partial charge is 0.176 e. The normalized spacial score (nSPS) is 19.1. The van der Waals surface area contributed by atoms with E-state index in [0.717, 1.165) is 43.7 Å². The van der Waals surface area contributed by atoms with Gasteiger partial charge in [-0.05, 0) is 92.7 Å². The molecule has 162 valence electrons. The number of rotatable bonds is 6. The zero-order valence-electron chi connectivity index (χ0n) is 18.4. The van der Waals surface area contributed by atoms with Gasteiger partial charge in [0.15, 0.2) is 11.6 Å².